The van der Waals surface area contributed by atoms with Gasteiger partial charge in [-0.1, -0.05) is 30.0 Å². The smallest absolute Gasteiger partial charge is 0.250 e. The molecule has 3 aromatic carbocycles. The maximum Gasteiger partial charge on any atom is 0.250 e. The van der Waals surface area contributed by atoms with E-state index in [-0.39, 0.29) is 17.4 Å². The zero-order valence-corrected chi connectivity index (χ0v) is 18.6. The minimum atomic E-state index is -0.274. The minimum absolute atomic E-state index is 0.112. The summed E-state index contributed by atoms with van der Waals surface area (Å²) in [7, 11) is 1.62. The molecule has 9 heteroatoms. The van der Waals surface area contributed by atoms with E-state index >= 15 is 0 Å². The van der Waals surface area contributed by atoms with Gasteiger partial charge in [0.2, 0.25) is 0 Å². The summed E-state index contributed by atoms with van der Waals surface area (Å²) < 4.78 is 7.16. The highest BCUT2D eigenvalue weighted by atomic mass is 32.2. The number of aromatic nitrogens is 3. The SMILES string of the molecule is COc1ccc(-c2nnc(SCC(=O)N/N=C/c3ccc(O)cc3)n2-c2ccccc2)cc1. The van der Waals surface area contributed by atoms with Gasteiger partial charge in [-0.25, -0.2) is 5.43 Å². The third-order valence-electron chi connectivity index (χ3n) is 4.62. The number of para-hydroxylation sites is 1. The Morgan fingerprint density at radius 2 is 1.79 bits per heavy atom. The van der Waals surface area contributed by atoms with Crippen LogP contribution in [0.2, 0.25) is 0 Å². The van der Waals surface area contributed by atoms with Crippen molar-refractivity contribution in [1.82, 2.24) is 20.2 Å². The van der Waals surface area contributed by atoms with Crippen LogP contribution in [0.15, 0.2) is 89.1 Å². The molecule has 0 aliphatic carbocycles. The van der Waals surface area contributed by atoms with Gasteiger partial charge in [0.05, 0.1) is 19.1 Å². The fourth-order valence-electron chi connectivity index (χ4n) is 3.00. The van der Waals surface area contributed by atoms with Gasteiger partial charge in [-0.05, 0) is 66.2 Å². The van der Waals surface area contributed by atoms with Crippen molar-refractivity contribution in [3.63, 3.8) is 0 Å². The average Bonchev–Trinajstić information content (AvgIpc) is 3.28. The first-order valence-electron chi connectivity index (χ1n) is 10.0. The number of carbonyl (C=O) groups is 1. The van der Waals surface area contributed by atoms with Gasteiger partial charge in [0, 0.05) is 11.3 Å². The molecule has 4 rings (SSSR count). The lowest BCUT2D eigenvalue weighted by Gasteiger charge is -2.10. The summed E-state index contributed by atoms with van der Waals surface area (Å²) in [6.45, 7) is 0. The van der Waals surface area contributed by atoms with Crippen LogP contribution in [0.1, 0.15) is 5.56 Å². The molecule has 0 unspecified atom stereocenters. The number of benzene rings is 3. The van der Waals surface area contributed by atoms with Crippen molar-refractivity contribution < 1.29 is 14.6 Å². The van der Waals surface area contributed by atoms with Gasteiger partial charge in [-0.15, -0.1) is 10.2 Å². The molecule has 1 aromatic heterocycles. The third-order valence-corrected chi connectivity index (χ3v) is 5.55. The molecular weight excluding hydrogens is 438 g/mol. The van der Waals surface area contributed by atoms with Crippen LogP contribution in [0.5, 0.6) is 11.5 Å². The van der Waals surface area contributed by atoms with Crippen LogP contribution in [-0.2, 0) is 4.79 Å². The van der Waals surface area contributed by atoms with Gasteiger partial charge >= 0.3 is 0 Å². The van der Waals surface area contributed by atoms with E-state index in [4.69, 9.17) is 4.74 Å². The second-order valence-corrected chi connectivity index (χ2v) is 7.82. The number of aromatic hydroxyl groups is 1. The van der Waals surface area contributed by atoms with Gasteiger partial charge in [-0.2, -0.15) is 5.10 Å². The molecule has 0 fully saturated rings. The number of nitrogens with zero attached hydrogens (tertiary/aromatic N) is 4. The van der Waals surface area contributed by atoms with Gasteiger partial charge in [0.25, 0.3) is 5.91 Å². The predicted octanol–water partition coefficient (Wildman–Crippen LogP) is 3.89. The molecule has 2 N–H and O–H groups in total. The Morgan fingerprint density at radius 1 is 1.06 bits per heavy atom. The molecule has 166 valence electrons. The Balaban J connectivity index is 1.49. The van der Waals surface area contributed by atoms with Crippen LogP contribution in [0, 0.1) is 0 Å². The number of amides is 1. The van der Waals surface area contributed by atoms with E-state index in [2.05, 4.69) is 20.7 Å². The molecule has 0 saturated carbocycles. The molecule has 0 bridgehead atoms. The van der Waals surface area contributed by atoms with Crippen LogP contribution in [0.4, 0.5) is 0 Å². The van der Waals surface area contributed by atoms with Crippen molar-refractivity contribution in [2.24, 2.45) is 5.10 Å². The van der Waals surface area contributed by atoms with E-state index in [0.29, 0.717) is 11.0 Å². The van der Waals surface area contributed by atoms with E-state index in [0.717, 1.165) is 22.6 Å². The van der Waals surface area contributed by atoms with Crippen LogP contribution >= 0.6 is 11.8 Å². The number of carbonyl (C=O) groups excluding carboxylic acids is 1. The zero-order valence-electron chi connectivity index (χ0n) is 17.8. The van der Waals surface area contributed by atoms with Crippen molar-refractivity contribution in [3.05, 3.63) is 84.4 Å². The number of hydrogen-bond acceptors (Lipinski definition) is 7. The normalized spacial score (nSPS) is 10.9. The second kappa shape index (κ2) is 10.5. The molecule has 0 saturated heterocycles. The Bertz CT molecular complexity index is 1240. The number of rotatable bonds is 8. The largest absolute Gasteiger partial charge is 0.508 e. The quantitative estimate of drug-likeness (QED) is 0.235. The molecule has 4 aromatic rings. The lowest BCUT2D eigenvalue weighted by molar-refractivity contribution is -0.118. The fraction of sp³-hybridized carbons (Fsp3) is 0.0833. The van der Waals surface area contributed by atoms with Crippen LogP contribution in [0.25, 0.3) is 17.1 Å². The van der Waals surface area contributed by atoms with E-state index < -0.39 is 0 Å². The number of phenolic OH excluding ortho intramolecular Hbond substituents is 1. The summed E-state index contributed by atoms with van der Waals surface area (Å²) in [5.41, 5.74) is 5.03. The maximum atomic E-state index is 12.3. The van der Waals surface area contributed by atoms with E-state index in [9.17, 15) is 9.90 Å². The molecule has 0 spiro atoms. The van der Waals surface area contributed by atoms with E-state index in [1.165, 1.54) is 18.0 Å². The van der Waals surface area contributed by atoms with Crippen molar-refractivity contribution in [3.8, 4) is 28.6 Å². The number of hydrogen-bond donors (Lipinski definition) is 2. The van der Waals surface area contributed by atoms with Gasteiger partial charge < -0.3 is 9.84 Å². The summed E-state index contributed by atoms with van der Waals surface area (Å²) >= 11 is 1.27. The molecular formula is C24H21N5O3S. The van der Waals surface area contributed by atoms with Crippen LogP contribution < -0.4 is 10.2 Å². The highest BCUT2D eigenvalue weighted by Crippen LogP contribution is 2.28. The molecule has 0 aliphatic heterocycles. The number of nitrogens with one attached hydrogen (secondary N) is 1. The number of ether oxygens (including phenoxy) is 1. The van der Waals surface area contributed by atoms with Crippen molar-refractivity contribution in [2.75, 3.05) is 12.9 Å². The first-order valence-corrected chi connectivity index (χ1v) is 11.0. The van der Waals surface area contributed by atoms with Crippen molar-refractivity contribution in [2.45, 2.75) is 5.16 Å². The molecule has 1 heterocycles. The predicted molar refractivity (Wildman–Crippen MR) is 128 cm³/mol. The molecule has 0 atom stereocenters. The topological polar surface area (TPSA) is 102 Å². The Labute approximate surface area is 194 Å². The monoisotopic (exact) mass is 459 g/mol. The number of thioether (sulfide) groups is 1. The highest BCUT2D eigenvalue weighted by Gasteiger charge is 2.17. The van der Waals surface area contributed by atoms with Gasteiger partial charge in [0.15, 0.2) is 11.0 Å². The maximum absolute atomic E-state index is 12.3. The van der Waals surface area contributed by atoms with Gasteiger partial charge in [-0.3, -0.25) is 9.36 Å². The van der Waals surface area contributed by atoms with Crippen LogP contribution in [0.3, 0.4) is 0 Å². The van der Waals surface area contributed by atoms with Gasteiger partial charge in [0.1, 0.15) is 11.5 Å². The Morgan fingerprint density at radius 3 is 2.48 bits per heavy atom. The summed E-state index contributed by atoms with van der Waals surface area (Å²) in [6, 6.07) is 23.8. The van der Waals surface area contributed by atoms with Crippen molar-refractivity contribution in [1.29, 1.82) is 0 Å². The van der Waals surface area contributed by atoms with E-state index in [1.807, 2.05) is 59.2 Å². The first-order chi connectivity index (χ1) is 16.1. The molecule has 0 radical (unpaired) electrons. The lowest BCUT2D eigenvalue weighted by atomic mass is 10.2. The fourth-order valence-corrected chi connectivity index (χ4v) is 3.75. The lowest BCUT2D eigenvalue weighted by Crippen LogP contribution is -2.20. The third kappa shape index (κ3) is 5.58. The highest BCUT2D eigenvalue weighted by molar-refractivity contribution is 7.99. The Kier molecular flexibility index (Phi) is 7.01. The minimum Gasteiger partial charge on any atom is -0.508 e. The number of hydrazone groups is 1. The zero-order chi connectivity index (χ0) is 23.0. The standard InChI is InChI=1S/C24H21N5O3S/c1-32-21-13-9-18(10-14-21)23-27-28-24(29(23)19-5-3-2-4-6-19)33-16-22(31)26-25-15-17-7-11-20(30)12-8-17/h2-15,30H,16H2,1H3,(H,26,31)/b25-15+. The van der Waals surface area contributed by atoms with Crippen LogP contribution in [-0.4, -0.2) is 44.9 Å². The van der Waals surface area contributed by atoms with Crippen molar-refractivity contribution >= 4 is 23.9 Å². The molecule has 0 aliphatic rings. The second-order valence-electron chi connectivity index (χ2n) is 6.88. The Hall–Kier alpha value is -4.11. The summed E-state index contributed by atoms with van der Waals surface area (Å²) in [5, 5.41) is 22.6. The summed E-state index contributed by atoms with van der Waals surface area (Å²) in [5.74, 6) is 1.43. The molecule has 33 heavy (non-hydrogen) atoms. The summed E-state index contributed by atoms with van der Waals surface area (Å²) in [4.78, 5) is 12.3. The first kappa shape index (κ1) is 22.1. The number of phenols is 1. The number of methoxy groups -OCH3 is 1. The molecule has 1 amide bonds. The molecule has 8 nitrogen and oxygen atoms in total. The average molecular weight is 460 g/mol. The summed E-state index contributed by atoms with van der Waals surface area (Å²) in [6.07, 6.45) is 1.51. The van der Waals surface area contributed by atoms with E-state index in [1.54, 1.807) is 31.4 Å².